The standard InChI is InChI=1S/C20H21N5O2/c1-27-11-10-22-18-12-17(20(26)23-14-15-6-5-9-21-13-15)24-19(25-18)16-7-3-2-4-8-16/h2-9,12-13H,10-11,14H2,1H3,(H,23,26)(H,22,24,25). The van der Waals surface area contributed by atoms with Gasteiger partial charge in [-0.1, -0.05) is 36.4 Å². The first-order chi connectivity index (χ1) is 13.3. The normalized spacial score (nSPS) is 10.4. The van der Waals surface area contributed by atoms with Gasteiger partial charge >= 0.3 is 0 Å². The summed E-state index contributed by atoms with van der Waals surface area (Å²) < 4.78 is 5.05. The monoisotopic (exact) mass is 363 g/mol. The Morgan fingerprint density at radius 3 is 2.70 bits per heavy atom. The molecule has 0 unspecified atom stereocenters. The Balaban J connectivity index is 1.81. The van der Waals surface area contributed by atoms with Crippen LogP contribution in [0.3, 0.4) is 0 Å². The molecule has 0 saturated carbocycles. The van der Waals surface area contributed by atoms with E-state index in [1.54, 1.807) is 25.6 Å². The average molecular weight is 363 g/mol. The molecule has 3 rings (SSSR count). The summed E-state index contributed by atoms with van der Waals surface area (Å²) in [5.41, 5.74) is 2.06. The minimum Gasteiger partial charge on any atom is -0.383 e. The van der Waals surface area contributed by atoms with Gasteiger partial charge in [0.25, 0.3) is 5.91 Å². The summed E-state index contributed by atoms with van der Waals surface area (Å²) in [7, 11) is 1.63. The minimum absolute atomic E-state index is 0.270. The van der Waals surface area contributed by atoms with E-state index in [1.165, 1.54) is 0 Å². The summed E-state index contributed by atoms with van der Waals surface area (Å²) >= 11 is 0. The van der Waals surface area contributed by atoms with Crippen molar-refractivity contribution < 1.29 is 9.53 Å². The van der Waals surface area contributed by atoms with Crippen LogP contribution in [0.25, 0.3) is 11.4 Å². The van der Waals surface area contributed by atoms with Crippen LogP contribution < -0.4 is 10.6 Å². The number of aromatic nitrogens is 3. The van der Waals surface area contributed by atoms with Gasteiger partial charge in [-0.3, -0.25) is 9.78 Å². The molecule has 0 fully saturated rings. The van der Waals surface area contributed by atoms with Crippen molar-refractivity contribution in [3.8, 4) is 11.4 Å². The third-order valence-corrected chi connectivity index (χ3v) is 3.78. The molecule has 1 aromatic carbocycles. The molecule has 27 heavy (non-hydrogen) atoms. The summed E-state index contributed by atoms with van der Waals surface area (Å²) in [6, 6.07) is 14.9. The van der Waals surface area contributed by atoms with E-state index in [2.05, 4.69) is 25.6 Å². The lowest BCUT2D eigenvalue weighted by Gasteiger charge is -2.10. The summed E-state index contributed by atoms with van der Waals surface area (Å²) in [4.78, 5) is 25.6. The maximum atomic E-state index is 12.6. The van der Waals surface area contributed by atoms with Crippen LogP contribution in [0.1, 0.15) is 16.1 Å². The lowest BCUT2D eigenvalue weighted by molar-refractivity contribution is 0.0946. The van der Waals surface area contributed by atoms with Crippen LogP contribution in [0.2, 0.25) is 0 Å². The number of rotatable bonds is 8. The molecule has 138 valence electrons. The fourth-order valence-electron chi connectivity index (χ4n) is 2.43. The van der Waals surface area contributed by atoms with E-state index in [4.69, 9.17) is 4.74 Å². The van der Waals surface area contributed by atoms with Gasteiger partial charge in [0, 0.05) is 44.2 Å². The summed E-state index contributed by atoms with van der Waals surface area (Å²) in [6.07, 6.45) is 3.41. The highest BCUT2D eigenvalue weighted by Crippen LogP contribution is 2.18. The predicted molar refractivity (Wildman–Crippen MR) is 103 cm³/mol. The number of hydrogen-bond donors (Lipinski definition) is 2. The van der Waals surface area contributed by atoms with E-state index < -0.39 is 0 Å². The third-order valence-electron chi connectivity index (χ3n) is 3.78. The molecule has 7 nitrogen and oxygen atoms in total. The molecule has 2 heterocycles. The maximum Gasteiger partial charge on any atom is 0.270 e. The van der Waals surface area contributed by atoms with Crippen LogP contribution in [-0.4, -0.2) is 41.1 Å². The lowest BCUT2D eigenvalue weighted by atomic mass is 10.2. The smallest absolute Gasteiger partial charge is 0.270 e. The van der Waals surface area contributed by atoms with E-state index in [9.17, 15) is 4.79 Å². The largest absolute Gasteiger partial charge is 0.383 e. The Hall–Kier alpha value is -3.32. The van der Waals surface area contributed by atoms with Gasteiger partial charge in [-0.2, -0.15) is 0 Å². The van der Waals surface area contributed by atoms with Crippen molar-refractivity contribution in [2.45, 2.75) is 6.54 Å². The van der Waals surface area contributed by atoms with Gasteiger partial charge in [0.1, 0.15) is 11.5 Å². The van der Waals surface area contributed by atoms with E-state index in [-0.39, 0.29) is 5.91 Å². The molecule has 0 bridgehead atoms. The van der Waals surface area contributed by atoms with Crippen molar-refractivity contribution in [3.63, 3.8) is 0 Å². The first kappa shape index (κ1) is 18.5. The van der Waals surface area contributed by atoms with E-state index >= 15 is 0 Å². The number of nitrogens with one attached hydrogen (secondary N) is 2. The summed E-state index contributed by atoms with van der Waals surface area (Å²) in [6.45, 7) is 1.50. The van der Waals surface area contributed by atoms with Crippen LogP contribution in [0, 0.1) is 0 Å². The first-order valence-corrected chi connectivity index (χ1v) is 8.60. The number of pyridine rings is 1. The number of benzene rings is 1. The number of carbonyl (C=O) groups is 1. The van der Waals surface area contributed by atoms with Crippen molar-refractivity contribution >= 4 is 11.7 Å². The number of amides is 1. The second kappa shape index (κ2) is 9.40. The van der Waals surface area contributed by atoms with Gasteiger partial charge in [0.2, 0.25) is 0 Å². The van der Waals surface area contributed by atoms with Crippen LogP contribution in [-0.2, 0) is 11.3 Å². The molecule has 0 atom stereocenters. The first-order valence-electron chi connectivity index (χ1n) is 8.60. The Labute approximate surface area is 157 Å². The van der Waals surface area contributed by atoms with Crippen molar-refractivity contribution in [2.24, 2.45) is 0 Å². The van der Waals surface area contributed by atoms with E-state index in [0.29, 0.717) is 37.0 Å². The fourth-order valence-corrected chi connectivity index (χ4v) is 2.43. The second-order valence-electron chi connectivity index (χ2n) is 5.79. The molecular weight excluding hydrogens is 342 g/mol. The van der Waals surface area contributed by atoms with Gasteiger partial charge in [-0.05, 0) is 11.6 Å². The summed E-state index contributed by atoms with van der Waals surface area (Å²) in [5, 5.41) is 6.03. The van der Waals surface area contributed by atoms with Crippen molar-refractivity contribution in [2.75, 3.05) is 25.6 Å². The Bertz CT molecular complexity index is 872. The molecule has 2 N–H and O–H groups in total. The molecule has 0 aliphatic rings. The SMILES string of the molecule is COCCNc1cc(C(=O)NCc2cccnc2)nc(-c2ccccc2)n1. The van der Waals surface area contributed by atoms with E-state index in [0.717, 1.165) is 11.1 Å². The number of ether oxygens (including phenoxy) is 1. The summed E-state index contributed by atoms with van der Waals surface area (Å²) in [5.74, 6) is 0.796. The molecule has 2 aromatic heterocycles. The van der Waals surface area contributed by atoms with Crippen molar-refractivity contribution in [3.05, 3.63) is 72.2 Å². The van der Waals surface area contributed by atoms with Crippen molar-refractivity contribution in [1.82, 2.24) is 20.3 Å². The van der Waals surface area contributed by atoms with Crippen molar-refractivity contribution in [1.29, 1.82) is 0 Å². The zero-order chi connectivity index (χ0) is 18.9. The number of anilines is 1. The number of nitrogens with zero attached hydrogens (tertiary/aromatic N) is 3. The molecule has 0 radical (unpaired) electrons. The van der Waals surface area contributed by atoms with Crippen LogP contribution in [0.5, 0.6) is 0 Å². The quantitative estimate of drug-likeness (QED) is 0.598. The van der Waals surface area contributed by atoms with Gasteiger partial charge in [0.05, 0.1) is 6.61 Å². The Kier molecular flexibility index (Phi) is 6.43. The fraction of sp³-hybridized carbons (Fsp3) is 0.200. The zero-order valence-electron chi connectivity index (χ0n) is 15.1. The minimum atomic E-state index is -0.270. The number of hydrogen-bond acceptors (Lipinski definition) is 6. The van der Waals surface area contributed by atoms with Gasteiger partial charge in [0.15, 0.2) is 5.82 Å². The second-order valence-corrected chi connectivity index (χ2v) is 5.79. The average Bonchev–Trinajstić information content (AvgIpc) is 2.73. The highest BCUT2D eigenvalue weighted by atomic mass is 16.5. The molecule has 0 spiro atoms. The highest BCUT2D eigenvalue weighted by molar-refractivity contribution is 5.93. The molecule has 0 aliphatic heterocycles. The maximum absolute atomic E-state index is 12.6. The Morgan fingerprint density at radius 1 is 1.11 bits per heavy atom. The predicted octanol–water partition coefficient (Wildman–Crippen LogP) is 2.53. The van der Waals surface area contributed by atoms with E-state index in [1.807, 2.05) is 42.5 Å². The topological polar surface area (TPSA) is 89.0 Å². The van der Waals surface area contributed by atoms with Crippen LogP contribution in [0.4, 0.5) is 5.82 Å². The van der Waals surface area contributed by atoms with Crippen LogP contribution in [0.15, 0.2) is 60.9 Å². The van der Waals surface area contributed by atoms with Gasteiger partial charge in [-0.25, -0.2) is 9.97 Å². The van der Waals surface area contributed by atoms with Gasteiger partial charge < -0.3 is 15.4 Å². The molecule has 0 saturated heterocycles. The van der Waals surface area contributed by atoms with Crippen LogP contribution >= 0.6 is 0 Å². The molecular formula is C20H21N5O2. The number of carbonyl (C=O) groups excluding carboxylic acids is 1. The third kappa shape index (κ3) is 5.32. The Morgan fingerprint density at radius 2 is 1.96 bits per heavy atom. The number of methoxy groups -OCH3 is 1. The lowest BCUT2D eigenvalue weighted by Crippen LogP contribution is -2.24. The molecule has 1 amide bonds. The molecule has 7 heteroatoms. The molecule has 0 aliphatic carbocycles. The zero-order valence-corrected chi connectivity index (χ0v) is 15.1. The van der Waals surface area contributed by atoms with Gasteiger partial charge in [-0.15, -0.1) is 0 Å². The highest BCUT2D eigenvalue weighted by Gasteiger charge is 2.13. The molecule has 3 aromatic rings.